The van der Waals surface area contributed by atoms with E-state index in [0.717, 1.165) is 6.42 Å². The second-order valence-electron chi connectivity index (χ2n) is 4.19. The Bertz CT molecular complexity index is 211. The summed E-state index contributed by atoms with van der Waals surface area (Å²) >= 11 is 1.90. The van der Waals surface area contributed by atoms with Crippen molar-refractivity contribution in [1.29, 1.82) is 0 Å². The van der Waals surface area contributed by atoms with E-state index in [0.29, 0.717) is 11.3 Å². The van der Waals surface area contributed by atoms with Gasteiger partial charge in [0.25, 0.3) is 0 Å². The molecule has 0 saturated heterocycles. The Balaban J connectivity index is 2.49. The van der Waals surface area contributed by atoms with Crippen molar-refractivity contribution in [1.82, 2.24) is 5.32 Å². The van der Waals surface area contributed by atoms with Gasteiger partial charge in [-0.2, -0.15) is 11.8 Å². The lowest BCUT2D eigenvalue weighted by atomic mass is 9.94. The topological polar surface area (TPSA) is 55.1 Å². The highest BCUT2D eigenvalue weighted by Crippen LogP contribution is 2.27. The number of amides is 1. The van der Waals surface area contributed by atoms with Crippen LogP contribution in [0.3, 0.4) is 0 Å². The number of hydrogen-bond donors (Lipinski definition) is 2. The van der Waals surface area contributed by atoms with E-state index in [1.54, 1.807) is 0 Å². The zero-order chi connectivity index (χ0) is 11.3. The van der Waals surface area contributed by atoms with Gasteiger partial charge < -0.3 is 11.1 Å². The van der Waals surface area contributed by atoms with E-state index in [9.17, 15) is 4.79 Å². The molecule has 1 amide bonds. The van der Waals surface area contributed by atoms with Gasteiger partial charge in [0.2, 0.25) is 5.91 Å². The molecule has 3 atom stereocenters. The first kappa shape index (κ1) is 12.8. The van der Waals surface area contributed by atoms with Gasteiger partial charge in [0.15, 0.2) is 0 Å². The Morgan fingerprint density at radius 2 is 2.20 bits per heavy atom. The van der Waals surface area contributed by atoms with E-state index in [4.69, 9.17) is 5.73 Å². The number of primary amides is 1. The Kier molecular flexibility index (Phi) is 5.47. The van der Waals surface area contributed by atoms with Crippen LogP contribution in [0.4, 0.5) is 0 Å². The maximum Gasteiger partial charge on any atom is 0.234 e. The molecule has 0 aliphatic heterocycles. The summed E-state index contributed by atoms with van der Waals surface area (Å²) in [6.07, 6.45) is 7.95. The number of rotatable bonds is 5. The lowest BCUT2D eigenvalue weighted by molar-refractivity contribution is -0.120. The lowest BCUT2D eigenvalue weighted by Gasteiger charge is -2.33. The van der Waals surface area contributed by atoms with Crippen molar-refractivity contribution in [2.45, 2.75) is 56.4 Å². The van der Waals surface area contributed by atoms with Crippen LogP contribution >= 0.6 is 11.8 Å². The van der Waals surface area contributed by atoms with Crippen molar-refractivity contribution in [2.24, 2.45) is 5.73 Å². The van der Waals surface area contributed by atoms with E-state index in [1.807, 2.05) is 18.7 Å². The second kappa shape index (κ2) is 6.38. The average Bonchev–Trinajstić information content (AvgIpc) is 2.25. The summed E-state index contributed by atoms with van der Waals surface area (Å²) in [6.45, 7) is 2.00. The molecule has 4 heteroatoms. The fourth-order valence-corrected chi connectivity index (χ4v) is 3.17. The first-order valence-electron chi connectivity index (χ1n) is 5.77. The summed E-state index contributed by atoms with van der Waals surface area (Å²) in [5.74, 6) is -0.220. The van der Waals surface area contributed by atoms with Gasteiger partial charge in [-0.15, -0.1) is 0 Å². The molecule has 0 aromatic heterocycles. The van der Waals surface area contributed by atoms with Crippen molar-refractivity contribution < 1.29 is 4.79 Å². The Hall–Kier alpha value is -0.220. The highest BCUT2D eigenvalue weighted by molar-refractivity contribution is 7.99. The third-order valence-corrected chi connectivity index (χ3v) is 4.34. The summed E-state index contributed by atoms with van der Waals surface area (Å²) < 4.78 is 0. The van der Waals surface area contributed by atoms with Crippen LogP contribution in [-0.2, 0) is 4.79 Å². The van der Waals surface area contributed by atoms with Crippen molar-refractivity contribution in [2.75, 3.05) is 6.26 Å². The number of nitrogens with one attached hydrogen (secondary N) is 1. The highest BCUT2D eigenvalue weighted by Gasteiger charge is 2.27. The van der Waals surface area contributed by atoms with E-state index in [2.05, 4.69) is 11.6 Å². The minimum Gasteiger partial charge on any atom is -0.368 e. The molecule has 3 nitrogen and oxygen atoms in total. The average molecular weight is 230 g/mol. The van der Waals surface area contributed by atoms with Gasteiger partial charge >= 0.3 is 0 Å². The highest BCUT2D eigenvalue weighted by atomic mass is 32.2. The van der Waals surface area contributed by atoms with Gasteiger partial charge in [-0.3, -0.25) is 4.79 Å². The maximum absolute atomic E-state index is 11.2. The van der Waals surface area contributed by atoms with Crippen LogP contribution in [0.15, 0.2) is 0 Å². The fourth-order valence-electron chi connectivity index (χ4n) is 2.23. The molecule has 3 N–H and O–H groups in total. The molecule has 1 saturated carbocycles. The van der Waals surface area contributed by atoms with Crippen LogP contribution in [0.1, 0.15) is 39.0 Å². The van der Waals surface area contributed by atoms with Gasteiger partial charge in [-0.25, -0.2) is 0 Å². The molecule has 3 unspecified atom stereocenters. The normalized spacial score (nSPS) is 28.7. The molecular formula is C11H22N2OS. The van der Waals surface area contributed by atoms with Crippen molar-refractivity contribution in [3.63, 3.8) is 0 Å². The molecule has 0 radical (unpaired) electrons. The molecule has 0 spiro atoms. The van der Waals surface area contributed by atoms with E-state index in [1.165, 1.54) is 25.7 Å². The summed E-state index contributed by atoms with van der Waals surface area (Å²) in [7, 11) is 0. The second-order valence-corrected chi connectivity index (χ2v) is 5.27. The molecule has 15 heavy (non-hydrogen) atoms. The SMILES string of the molecule is CCC(NC1CCCCC1SC)C(N)=O. The molecule has 0 aromatic rings. The van der Waals surface area contributed by atoms with Crippen LogP contribution in [0, 0.1) is 0 Å². The maximum atomic E-state index is 11.2. The third-order valence-electron chi connectivity index (χ3n) is 3.17. The first-order valence-corrected chi connectivity index (χ1v) is 7.06. The molecule has 1 aliphatic carbocycles. The third kappa shape index (κ3) is 3.68. The summed E-state index contributed by atoms with van der Waals surface area (Å²) in [6, 6.07) is 0.314. The molecule has 1 rings (SSSR count). The number of thioether (sulfide) groups is 1. The fraction of sp³-hybridized carbons (Fsp3) is 0.909. The number of hydrogen-bond acceptors (Lipinski definition) is 3. The summed E-state index contributed by atoms with van der Waals surface area (Å²) in [4.78, 5) is 11.2. The van der Waals surface area contributed by atoms with Crippen LogP contribution in [-0.4, -0.2) is 29.5 Å². The van der Waals surface area contributed by atoms with Gasteiger partial charge in [-0.1, -0.05) is 19.8 Å². The largest absolute Gasteiger partial charge is 0.368 e. The van der Waals surface area contributed by atoms with Gasteiger partial charge in [0.05, 0.1) is 6.04 Å². The van der Waals surface area contributed by atoms with Crippen LogP contribution in [0.5, 0.6) is 0 Å². The monoisotopic (exact) mass is 230 g/mol. The van der Waals surface area contributed by atoms with Crippen LogP contribution < -0.4 is 11.1 Å². The van der Waals surface area contributed by atoms with Gasteiger partial charge in [-0.05, 0) is 25.5 Å². The van der Waals surface area contributed by atoms with E-state index >= 15 is 0 Å². The minimum atomic E-state index is -0.220. The predicted molar refractivity (Wildman–Crippen MR) is 66.0 cm³/mol. The molecule has 0 heterocycles. The Morgan fingerprint density at radius 3 is 2.73 bits per heavy atom. The molecule has 0 bridgehead atoms. The Morgan fingerprint density at radius 1 is 1.53 bits per heavy atom. The minimum absolute atomic E-state index is 0.150. The molecule has 1 fully saturated rings. The quantitative estimate of drug-likeness (QED) is 0.753. The predicted octanol–water partition coefficient (Wildman–Crippen LogP) is 1.51. The number of carbonyl (C=O) groups is 1. The summed E-state index contributed by atoms with van der Waals surface area (Å²) in [5, 5.41) is 4.06. The first-order chi connectivity index (χ1) is 7.19. The zero-order valence-electron chi connectivity index (χ0n) is 9.66. The number of carbonyl (C=O) groups excluding carboxylic acids is 1. The smallest absolute Gasteiger partial charge is 0.234 e. The lowest BCUT2D eigenvalue weighted by Crippen LogP contribution is -2.50. The van der Waals surface area contributed by atoms with Crippen molar-refractivity contribution >= 4 is 17.7 Å². The summed E-state index contributed by atoms with van der Waals surface area (Å²) in [5.41, 5.74) is 5.34. The van der Waals surface area contributed by atoms with E-state index in [-0.39, 0.29) is 11.9 Å². The van der Waals surface area contributed by atoms with Crippen molar-refractivity contribution in [3.05, 3.63) is 0 Å². The zero-order valence-corrected chi connectivity index (χ0v) is 10.5. The van der Waals surface area contributed by atoms with E-state index < -0.39 is 0 Å². The standard InChI is InChI=1S/C11H22N2OS/c1-3-8(11(12)14)13-9-6-4-5-7-10(9)15-2/h8-10,13H,3-7H2,1-2H3,(H2,12,14). The Labute approximate surface area is 96.6 Å². The van der Waals surface area contributed by atoms with Crippen molar-refractivity contribution in [3.8, 4) is 0 Å². The van der Waals surface area contributed by atoms with Crippen LogP contribution in [0.25, 0.3) is 0 Å². The molecule has 0 aromatic carbocycles. The molecule has 1 aliphatic rings. The number of nitrogens with two attached hydrogens (primary N) is 1. The molecular weight excluding hydrogens is 208 g/mol. The van der Waals surface area contributed by atoms with Gasteiger partial charge in [0, 0.05) is 11.3 Å². The van der Waals surface area contributed by atoms with Crippen LogP contribution in [0.2, 0.25) is 0 Å². The van der Waals surface area contributed by atoms with Gasteiger partial charge in [0.1, 0.15) is 0 Å². The molecule has 88 valence electrons.